The van der Waals surface area contributed by atoms with E-state index in [9.17, 15) is 13.2 Å². The van der Waals surface area contributed by atoms with Crippen LogP contribution < -0.4 is 14.8 Å². The molecule has 2 aromatic rings. The van der Waals surface area contributed by atoms with Crippen LogP contribution in [0.2, 0.25) is 0 Å². The first kappa shape index (κ1) is 21.3. The number of benzene rings is 1. The first-order valence-electron chi connectivity index (χ1n) is 8.45. The van der Waals surface area contributed by atoms with E-state index < -0.39 is 16.1 Å². The Kier molecular flexibility index (Phi) is 6.90. The number of carbonyl (C=O) groups excluding carboxylic acids is 1. The maximum atomic E-state index is 12.4. The van der Waals surface area contributed by atoms with E-state index >= 15 is 0 Å². The van der Waals surface area contributed by atoms with Crippen molar-refractivity contribution in [2.75, 3.05) is 11.9 Å². The smallest absolute Gasteiger partial charge is 0.270 e. The number of hydrogen-bond acceptors (Lipinski definition) is 7. The van der Waals surface area contributed by atoms with Crippen LogP contribution in [0.25, 0.3) is 0 Å². The summed E-state index contributed by atoms with van der Waals surface area (Å²) in [4.78, 5) is 11.7. The van der Waals surface area contributed by atoms with Crippen molar-refractivity contribution in [1.82, 2.24) is 14.9 Å². The third-order valence-electron chi connectivity index (χ3n) is 3.73. The number of rotatable bonds is 8. The molecule has 0 saturated heterocycles. The minimum absolute atomic E-state index is 0.146. The maximum Gasteiger partial charge on any atom is 0.270 e. The summed E-state index contributed by atoms with van der Waals surface area (Å²) in [7, 11) is -3.85. The van der Waals surface area contributed by atoms with Gasteiger partial charge in [-0.25, -0.2) is 13.1 Å². The first-order chi connectivity index (χ1) is 12.6. The second-order valence-electron chi connectivity index (χ2n) is 6.60. The lowest BCUT2D eigenvalue weighted by Gasteiger charge is -2.14. The number of aryl methyl sites for hydroxylation is 2. The Balaban J connectivity index is 1.95. The molecule has 1 heterocycles. The average Bonchev–Trinajstić information content (AvgIpc) is 3.05. The lowest BCUT2D eigenvalue weighted by Crippen LogP contribution is -2.36. The van der Waals surface area contributed by atoms with Crippen LogP contribution >= 0.6 is 11.3 Å². The van der Waals surface area contributed by atoms with Crippen LogP contribution in [0.15, 0.2) is 22.5 Å². The molecule has 0 aliphatic rings. The molecule has 27 heavy (non-hydrogen) atoms. The van der Waals surface area contributed by atoms with Crippen LogP contribution in [0.3, 0.4) is 0 Å². The van der Waals surface area contributed by atoms with Gasteiger partial charge in [0, 0.05) is 5.92 Å². The van der Waals surface area contributed by atoms with Crippen LogP contribution in [-0.2, 0) is 14.8 Å². The molecular formula is C17H24N4O4S2. The summed E-state index contributed by atoms with van der Waals surface area (Å²) in [6.07, 6.45) is 0. The highest BCUT2D eigenvalue weighted by Gasteiger charge is 2.23. The quantitative estimate of drug-likeness (QED) is 0.645. The van der Waals surface area contributed by atoms with Gasteiger partial charge in [-0.3, -0.25) is 4.79 Å². The van der Waals surface area contributed by atoms with Gasteiger partial charge in [0.2, 0.25) is 15.4 Å². The predicted molar refractivity (Wildman–Crippen MR) is 105 cm³/mol. The molecule has 0 fully saturated rings. The summed E-state index contributed by atoms with van der Waals surface area (Å²) >= 11 is 0.800. The molecule has 0 spiro atoms. The zero-order chi connectivity index (χ0) is 20.2. The number of anilines is 1. The molecule has 0 aliphatic carbocycles. The highest BCUT2D eigenvalue weighted by Crippen LogP contribution is 2.21. The van der Waals surface area contributed by atoms with Crippen LogP contribution in [0.1, 0.15) is 31.9 Å². The lowest BCUT2D eigenvalue weighted by atomic mass is 10.1. The van der Waals surface area contributed by atoms with Crippen molar-refractivity contribution in [3.8, 4) is 5.75 Å². The normalized spacial score (nSPS) is 12.8. The number of sulfonamides is 1. The summed E-state index contributed by atoms with van der Waals surface area (Å²) in [5, 5.41) is 10.0. The fraction of sp³-hybridized carbons (Fsp3) is 0.471. The molecule has 10 heteroatoms. The van der Waals surface area contributed by atoms with Gasteiger partial charge in [0.25, 0.3) is 10.0 Å². The van der Waals surface area contributed by atoms with Crippen LogP contribution in [0.4, 0.5) is 5.13 Å². The third kappa shape index (κ3) is 5.98. The Morgan fingerprint density at radius 2 is 1.89 bits per heavy atom. The van der Waals surface area contributed by atoms with E-state index in [0.29, 0.717) is 5.75 Å². The monoisotopic (exact) mass is 412 g/mol. The molecule has 0 bridgehead atoms. The van der Waals surface area contributed by atoms with Gasteiger partial charge in [-0.15, -0.1) is 10.2 Å². The lowest BCUT2D eigenvalue weighted by molar-refractivity contribution is -0.118. The summed E-state index contributed by atoms with van der Waals surface area (Å²) in [5.41, 5.74) is 2.26. The van der Waals surface area contributed by atoms with Crippen molar-refractivity contribution in [3.05, 3.63) is 29.3 Å². The summed E-state index contributed by atoms with van der Waals surface area (Å²) in [5.74, 6) is 0.187. The van der Waals surface area contributed by atoms with E-state index in [1.807, 2.05) is 32.0 Å². The Morgan fingerprint density at radius 1 is 1.19 bits per heavy atom. The predicted octanol–water partition coefficient (Wildman–Crippen LogP) is 2.50. The molecule has 1 aromatic carbocycles. The zero-order valence-electron chi connectivity index (χ0n) is 15.9. The van der Waals surface area contributed by atoms with Crippen molar-refractivity contribution >= 4 is 32.4 Å². The van der Waals surface area contributed by atoms with Gasteiger partial charge in [-0.2, -0.15) is 0 Å². The van der Waals surface area contributed by atoms with E-state index in [2.05, 4.69) is 20.2 Å². The first-order valence-corrected chi connectivity index (χ1v) is 10.7. The maximum absolute atomic E-state index is 12.4. The topological polar surface area (TPSA) is 110 Å². The third-order valence-corrected chi connectivity index (χ3v) is 6.52. The number of ether oxygens (including phenoxy) is 1. The molecule has 0 saturated carbocycles. The van der Waals surface area contributed by atoms with Gasteiger partial charge in [0.05, 0.1) is 6.04 Å². The van der Waals surface area contributed by atoms with Crippen LogP contribution in [0.5, 0.6) is 5.75 Å². The number of carbonyl (C=O) groups is 1. The number of amides is 1. The molecule has 1 aromatic heterocycles. The fourth-order valence-corrected chi connectivity index (χ4v) is 4.14. The number of nitrogens with zero attached hydrogens (tertiary/aromatic N) is 2. The summed E-state index contributed by atoms with van der Waals surface area (Å²) in [6, 6.07) is 5.23. The molecular weight excluding hydrogens is 388 g/mol. The molecule has 8 nitrogen and oxygen atoms in total. The van der Waals surface area contributed by atoms with E-state index in [4.69, 9.17) is 4.74 Å². The van der Waals surface area contributed by atoms with Crippen molar-refractivity contribution in [1.29, 1.82) is 0 Å². The van der Waals surface area contributed by atoms with Crippen LogP contribution in [-0.4, -0.2) is 37.2 Å². The Bertz CT molecular complexity index is 909. The zero-order valence-corrected chi connectivity index (χ0v) is 17.6. The van der Waals surface area contributed by atoms with Gasteiger partial charge in [-0.05, 0) is 44.0 Å². The number of nitrogens with one attached hydrogen (secondary N) is 2. The van der Waals surface area contributed by atoms with Gasteiger partial charge < -0.3 is 10.1 Å². The summed E-state index contributed by atoms with van der Waals surface area (Å²) < 4.78 is 32.8. The van der Waals surface area contributed by atoms with Crippen molar-refractivity contribution < 1.29 is 17.9 Å². The highest BCUT2D eigenvalue weighted by molar-refractivity contribution is 7.91. The minimum Gasteiger partial charge on any atom is -0.492 e. The molecule has 2 rings (SSSR count). The van der Waals surface area contributed by atoms with E-state index in [-0.39, 0.29) is 27.9 Å². The molecule has 0 radical (unpaired) electrons. The largest absolute Gasteiger partial charge is 0.492 e. The number of hydrogen-bond donors (Lipinski definition) is 2. The number of aromatic nitrogens is 2. The van der Waals surface area contributed by atoms with E-state index in [1.165, 1.54) is 0 Å². The molecule has 0 unspecified atom stereocenters. The van der Waals surface area contributed by atoms with Crippen molar-refractivity contribution in [2.45, 2.75) is 45.0 Å². The molecule has 0 aliphatic heterocycles. The molecule has 2 N–H and O–H groups in total. The molecule has 1 atom stereocenters. The SMILES string of the molecule is Cc1ccc(OC[C@@H](C)NS(=O)(=O)c2nnc(NC(=O)C(C)C)s2)cc1C. The van der Waals surface area contributed by atoms with Crippen molar-refractivity contribution in [2.24, 2.45) is 5.92 Å². The Labute approximate surface area is 163 Å². The van der Waals surface area contributed by atoms with Gasteiger partial charge in [0.15, 0.2) is 0 Å². The average molecular weight is 413 g/mol. The van der Waals surface area contributed by atoms with E-state index in [0.717, 1.165) is 22.5 Å². The van der Waals surface area contributed by atoms with Gasteiger partial charge >= 0.3 is 0 Å². The minimum atomic E-state index is -3.85. The Morgan fingerprint density at radius 3 is 2.52 bits per heavy atom. The molecule has 1 amide bonds. The second-order valence-corrected chi connectivity index (χ2v) is 9.46. The van der Waals surface area contributed by atoms with E-state index in [1.54, 1.807) is 20.8 Å². The second kappa shape index (κ2) is 8.77. The fourth-order valence-electron chi connectivity index (χ4n) is 1.99. The van der Waals surface area contributed by atoms with Gasteiger partial charge in [0.1, 0.15) is 12.4 Å². The standard InChI is InChI=1S/C17H24N4O4S2/c1-10(2)15(22)18-16-19-20-17(26-16)27(23,24)21-13(5)9-25-14-7-6-11(3)12(4)8-14/h6-8,10,13,21H,9H2,1-5H3,(H,18,19,22)/t13-/m1/s1. The highest BCUT2D eigenvalue weighted by atomic mass is 32.2. The molecule has 148 valence electrons. The van der Waals surface area contributed by atoms with Gasteiger partial charge in [-0.1, -0.05) is 31.3 Å². The Hall–Kier alpha value is -2.04. The summed E-state index contributed by atoms with van der Waals surface area (Å²) in [6.45, 7) is 9.31. The van der Waals surface area contributed by atoms with Crippen LogP contribution in [0, 0.1) is 19.8 Å². The van der Waals surface area contributed by atoms with Crippen molar-refractivity contribution in [3.63, 3.8) is 0 Å².